The minimum Gasteiger partial charge on any atom is -0.396 e. The van der Waals surface area contributed by atoms with Gasteiger partial charge >= 0.3 is 0 Å². The van der Waals surface area contributed by atoms with Crippen molar-refractivity contribution in [2.75, 3.05) is 6.61 Å². The molecule has 4 saturated carbocycles. The van der Waals surface area contributed by atoms with Crippen LogP contribution in [0.3, 0.4) is 0 Å². The second-order valence-electron chi connectivity index (χ2n) is 5.70. The van der Waals surface area contributed by atoms with E-state index in [1.54, 1.807) is 0 Å². The highest BCUT2D eigenvalue weighted by atomic mass is 16.3. The lowest BCUT2D eigenvalue weighted by atomic mass is 9.45. The molecule has 4 aliphatic rings. The molecular formula is C10H14O2. The summed E-state index contributed by atoms with van der Waals surface area (Å²) < 4.78 is 0. The van der Waals surface area contributed by atoms with E-state index >= 15 is 0 Å². The minimum absolute atomic E-state index is 0.266. The maximum atomic E-state index is 9.97. The maximum absolute atomic E-state index is 9.97. The molecule has 0 radical (unpaired) electrons. The molecule has 0 amide bonds. The summed E-state index contributed by atoms with van der Waals surface area (Å²) in [7, 11) is 0. The Labute approximate surface area is 71.6 Å². The Hall–Kier alpha value is -0.0800. The van der Waals surface area contributed by atoms with E-state index in [1.807, 2.05) is 0 Å². The second kappa shape index (κ2) is 1.28. The Morgan fingerprint density at radius 3 is 2.67 bits per heavy atom. The molecule has 2 nitrogen and oxygen atoms in total. The molecule has 4 rings (SSSR count). The summed E-state index contributed by atoms with van der Waals surface area (Å²) in [5, 5.41) is 19.3. The highest BCUT2D eigenvalue weighted by molar-refractivity contribution is 5.38. The molecule has 66 valence electrons. The van der Waals surface area contributed by atoms with Crippen molar-refractivity contribution in [3.05, 3.63) is 0 Å². The van der Waals surface area contributed by atoms with Crippen molar-refractivity contribution in [1.29, 1.82) is 0 Å². The minimum atomic E-state index is -0.266. The van der Waals surface area contributed by atoms with Crippen LogP contribution in [0.1, 0.15) is 25.7 Å². The number of hydrogen-bond donors (Lipinski definition) is 2. The number of rotatable bonds is 1. The molecule has 0 aromatic carbocycles. The monoisotopic (exact) mass is 166 g/mol. The van der Waals surface area contributed by atoms with Crippen molar-refractivity contribution >= 4 is 0 Å². The normalized spacial score (nSPS) is 75.5. The van der Waals surface area contributed by atoms with Gasteiger partial charge in [-0.3, -0.25) is 0 Å². The molecular weight excluding hydrogens is 152 g/mol. The van der Waals surface area contributed by atoms with Gasteiger partial charge < -0.3 is 10.2 Å². The third-order valence-electron chi connectivity index (χ3n) is 5.42. The fourth-order valence-corrected chi connectivity index (χ4v) is 5.14. The van der Waals surface area contributed by atoms with Crippen LogP contribution in [0.4, 0.5) is 0 Å². The average molecular weight is 166 g/mol. The van der Waals surface area contributed by atoms with Crippen LogP contribution >= 0.6 is 0 Å². The third kappa shape index (κ3) is 0.344. The third-order valence-corrected chi connectivity index (χ3v) is 5.42. The second-order valence-corrected chi connectivity index (χ2v) is 5.70. The van der Waals surface area contributed by atoms with Gasteiger partial charge in [-0.1, -0.05) is 0 Å². The Morgan fingerprint density at radius 2 is 2.08 bits per heavy atom. The zero-order valence-electron chi connectivity index (χ0n) is 7.08. The number of aliphatic hydroxyl groups is 2. The van der Waals surface area contributed by atoms with Crippen molar-refractivity contribution < 1.29 is 10.2 Å². The lowest BCUT2D eigenvalue weighted by Crippen LogP contribution is -2.65. The highest BCUT2D eigenvalue weighted by Crippen LogP contribution is 2.92. The smallest absolute Gasteiger partial charge is 0.0692 e. The van der Waals surface area contributed by atoms with Gasteiger partial charge in [0.2, 0.25) is 0 Å². The zero-order chi connectivity index (χ0) is 8.19. The van der Waals surface area contributed by atoms with Gasteiger partial charge in [-0.2, -0.15) is 0 Å². The number of hydrogen-bond acceptors (Lipinski definition) is 2. The number of aliphatic hydroxyl groups excluding tert-OH is 1. The fraction of sp³-hybridized carbons (Fsp3) is 1.00. The van der Waals surface area contributed by atoms with Crippen LogP contribution in [0.25, 0.3) is 0 Å². The lowest BCUT2D eigenvalue weighted by molar-refractivity contribution is -0.240. The summed E-state index contributed by atoms with van der Waals surface area (Å²) in [6, 6.07) is 0. The van der Waals surface area contributed by atoms with Crippen LogP contribution < -0.4 is 0 Å². The van der Waals surface area contributed by atoms with Crippen molar-refractivity contribution in [3.8, 4) is 0 Å². The molecule has 0 heterocycles. The van der Waals surface area contributed by atoms with Crippen molar-refractivity contribution in [2.24, 2.45) is 22.7 Å². The fourth-order valence-electron chi connectivity index (χ4n) is 5.14. The summed E-state index contributed by atoms with van der Waals surface area (Å²) in [6.45, 7) is 0.371. The first kappa shape index (κ1) is 6.39. The molecule has 0 saturated heterocycles. The quantitative estimate of drug-likeness (QED) is 0.596. The first-order chi connectivity index (χ1) is 5.66. The first-order valence-corrected chi connectivity index (χ1v) is 4.99. The molecule has 5 unspecified atom stereocenters. The van der Waals surface area contributed by atoms with Gasteiger partial charge in [-0.15, -0.1) is 0 Å². The molecule has 2 heteroatoms. The van der Waals surface area contributed by atoms with Gasteiger partial charge in [-0.25, -0.2) is 0 Å². The molecule has 4 aliphatic carbocycles. The molecule has 2 N–H and O–H groups in total. The van der Waals surface area contributed by atoms with E-state index in [4.69, 9.17) is 0 Å². The van der Waals surface area contributed by atoms with Crippen molar-refractivity contribution in [2.45, 2.75) is 31.3 Å². The average Bonchev–Trinajstić information content (AvgIpc) is 2.54. The predicted molar refractivity (Wildman–Crippen MR) is 42.3 cm³/mol. The van der Waals surface area contributed by atoms with Gasteiger partial charge in [0.15, 0.2) is 0 Å². The topological polar surface area (TPSA) is 40.5 Å². The summed E-state index contributed by atoms with van der Waals surface area (Å²) >= 11 is 0. The molecule has 0 bridgehead atoms. The SMILES string of the molecule is OCC12CC3CC4(O)CC1(C2)C34. The Balaban J connectivity index is 1.80. The highest BCUT2D eigenvalue weighted by Gasteiger charge is 2.90. The van der Waals surface area contributed by atoms with Crippen LogP contribution in [0, 0.1) is 22.7 Å². The van der Waals surface area contributed by atoms with E-state index in [0.29, 0.717) is 17.9 Å². The van der Waals surface area contributed by atoms with E-state index in [9.17, 15) is 10.2 Å². The largest absolute Gasteiger partial charge is 0.396 e. The molecule has 0 aromatic heterocycles. The Morgan fingerprint density at radius 1 is 1.25 bits per heavy atom. The van der Waals surface area contributed by atoms with Crippen LogP contribution in [0.15, 0.2) is 0 Å². The Kier molecular flexibility index (Phi) is 0.684. The van der Waals surface area contributed by atoms with Crippen LogP contribution in [-0.2, 0) is 0 Å². The maximum Gasteiger partial charge on any atom is 0.0692 e. The van der Waals surface area contributed by atoms with E-state index in [1.165, 1.54) is 12.8 Å². The molecule has 0 aliphatic heterocycles. The standard InChI is InChI=1S/C10H14O2/c11-5-8-1-6-2-10(12)4-9(8,3-8)7(6)10/h6-7,11-12H,1-5H2. The first-order valence-electron chi connectivity index (χ1n) is 4.99. The summed E-state index contributed by atoms with van der Waals surface area (Å²) in [4.78, 5) is 0. The zero-order valence-corrected chi connectivity index (χ0v) is 7.08. The molecule has 5 atom stereocenters. The Bertz CT molecular complexity index is 290. The van der Waals surface area contributed by atoms with E-state index in [2.05, 4.69) is 0 Å². The van der Waals surface area contributed by atoms with E-state index in [0.717, 1.165) is 18.8 Å². The summed E-state index contributed by atoms with van der Waals surface area (Å²) in [5.74, 6) is 1.36. The predicted octanol–water partition coefficient (Wildman–Crippen LogP) is 0.530. The lowest BCUT2D eigenvalue weighted by Gasteiger charge is -2.63. The molecule has 0 aromatic rings. The molecule has 12 heavy (non-hydrogen) atoms. The van der Waals surface area contributed by atoms with Gasteiger partial charge in [0.1, 0.15) is 0 Å². The van der Waals surface area contributed by atoms with Gasteiger partial charge in [0.25, 0.3) is 0 Å². The molecule has 4 fully saturated rings. The summed E-state index contributed by atoms with van der Waals surface area (Å²) in [5.41, 5.74) is 0.447. The van der Waals surface area contributed by atoms with E-state index in [-0.39, 0.29) is 11.0 Å². The van der Waals surface area contributed by atoms with Crippen LogP contribution in [-0.4, -0.2) is 22.4 Å². The van der Waals surface area contributed by atoms with Crippen molar-refractivity contribution in [3.63, 3.8) is 0 Å². The van der Waals surface area contributed by atoms with Gasteiger partial charge in [0, 0.05) is 12.0 Å². The van der Waals surface area contributed by atoms with Crippen LogP contribution in [0.2, 0.25) is 0 Å². The van der Waals surface area contributed by atoms with Crippen LogP contribution in [0.5, 0.6) is 0 Å². The van der Waals surface area contributed by atoms with Gasteiger partial charge in [-0.05, 0) is 42.9 Å². The van der Waals surface area contributed by atoms with E-state index < -0.39 is 0 Å². The molecule has 1 spiro atoms. The van der Waals surface area contributed by atoms with Crippen molar-refractivity contribution in [1.82, 2.24) is 0 Å². The van der Waals surface area contributed by atoms with Gasteiger partial charge in [0.05, 0.1) is 5.60 Å². The summed E-state index contributed by atoms with van der Waals surface area (Å²) in [6.07, 6.45) is 4.44.